The van der Waals surface area contributed by atoms with E-state index in [9.17, 15) is 14.7 Å². The first-order valence-corrected chi connectivity index (χ1v) is 8.23. The van der Waals surface area contributed by atoms with Gasteiger partial charge in [0.25, 0.3) is 0 Å². The van der Waals surface area contributed by atoms with Gasteiger partial charge in [0, 0.05) is 31.1 Å². The van der Waals surface area contributed by atoms with E-state index in [-0.39, 0.29) is 12.2 Å². The van der Waals surface area contributed by atoms with Gasteiger partial charge in [-0.15, -0.1) is 0 Å². The molecular formula is C18H26N2O3. The molecule has 5 nitrogen and oxygen atoms in total. The molecule has 1 aliphatic heterocycles. The van der Waals surface area contributed by atoms with E-state index < -0.39 is 11.9 Å². The molecular weight excluding hydrogens is 292 g/mol. The van der Waals surface area contributed by atoms with Crippen LogP contribution in [0.5, 0.6) is 0 Å². The molecule has 1 aromatic carbocycles. The number of rotatable bonds is 6. The largest absolute Gasteiger partial charge is 0.481 e. The van der Waals surface area contributed by atoms with Crippen molar-refractivity contribution in [1.29, 1.82) is 0 Å². The smallest absolute Gasteiger partial charge is 0.304 e. The average molecular weight is 318 g/mol. The summed E-state index contributed by atoms with van der Waals surface area (Å²) in [5.74, 6) is -1.47. The van der Waals surface area contributed by atoms with Crippen LogP contribution in [0.15, 0.2) is 18.2 Å². The van der Waals surface area contributed by atoms with Gasteiger partial charge in [-0.3, -0.25) is 9.59 Å². The first-order chi connectivity index (χ1) is 11.0. The van der Waals surface area contributed by atoms with Crippen molar-refractivity contribution in [2.45, 2.75) is 26.7 Å². The van der Waals surface area contributed by atoms with Gasteiger partial charge < -0.3 is 15.3 Å². The predicted octanol–water partition coefficient (Wildman–Crippen LogP) is 1.87. The van der Waals surface area contributed by atoms with Crippen LogP contribution in [0, 0.1) is 19.8 Å². The quantitative estimate of drug-likeness (QED) is 0.784. The number of ketones is 1. The van der Waals surface area contributed by atoms with Crippen molar-refractivity contribution in [2.75, 3.05) is 32.7 Å². The topological polar surface area (TPSA) is 69.6 Å². The van der Waals surface area contributed by atoms with E-state index in [1.54, 1.807) is 0 Å². The average Bonchev–Trinajstić information content (AvgIpc) is 2.77. The van der Waals surface area contributed by atoms with Crippen LogP contribution in [0.2, 0.25) is 0 Å². The van der Waals surface area contributed by atoms with Crippen LogP contribution >= 0.6 is 0 Å². The Balaban J connectivity index is 2.13. The van der Waals surface area contributed by atoms with E-state index in [1.807, 2.05) is 32.0 Å². The van der Waals surface area contributed by atoms with Crippen molar-refractivity contribution in [3.05, 3.63) is 34.9 Å². The van der Waals surface area contributed by atoms with Crippen molar-refractivity contribution in [3.8, 4) is 0 Å². The van der Waals surface area contributed by atoms with Crippen molar-refractivity contribution in [2.24, 2.45) is 5.92 Å². The third-order valence-corrected chi connectivity index (χ3v) is 4.49. The second-order valence-corrected chi connectivity index (χ2v) is 6.36. The van der Waals surface area contributed by atoms with Gasteiger partial charge in [0.05, 0.1) is 6.42 Å². The number of carboxylic acids is 1. The molecule has 1 aliphatic rings. The maximum Gasteiger partial charge on any atom is 0.304 e. The van der Waals surface area contributed by atoms with Gasteiger partial charge in [0.2, 0.25) is 0 Å². The second kappa shape index (κ2) is 8.22. The fraction of sp³-hybridized carbons (Fsp3) is 0.556. The van der Waals surface area contributed by atoms with Gasteiger partial charge in [0.1, 0.15) is 0 Å². The Morgan fingerprint density at radius 1 is 1.22 bits per heavy atom. The Bertz CT molecular complexity index is 563. The molecule has 2 rings (SSSR count). The Morgan fingerprint density at radius 2 is 2.00 bits per heavy atom. The molecule has 1 fully saturated rings. The van der Waals surface area contributed by atoms with Crippen LogP contribution in [0.3, 0.4) is 0 Å². The maximum absolute atomic E-state index is 12.8. The van der Waals surface area contributed by atoms with Gasteiger partial charge in [0.15, 0.2) is 5.78 Å². The molecule has 0 amide bonds. The summed E-state index contributed by atoms with van der Waals surface area (Å²) in [6.45, 7) is 8.11. The fourth-order valence-electron chi connectivity index (χ4n) is 2.98. The minimum absolute atomic E-state index is 0.0623. The third kappa shape index (κ3) is 5.15. The summed E-state index contributed by atoms with van der Waals surface area (Å²) in [5.41, 5.74) is 2.81. The highest BCUT2D eigenvalue weighted by atomic mass is 16.4. The van der Waals surface area contributed by atoms with Gasteiger partial charge >= 0.3 is 5.97 Å². The molecule has 1 unspecified atom stereocenters. The molecule has 126 valence electrons. The lowest BCUT2D eigenvalue weighted by atomic mass is 9.92. The first-order valence-electron chi connectivity index (χ1n) is 8.23. The van der Waals surface area contributed by atoms with Crippen LogP contribution in [-0.4, -0.2) is 54.5 Å². The highest BCUT2D eigenvalue weighted by molar-refractivity contribution is 5.99. The van der Waals surface area contributed by atoms with Crippen LogP contribution in [-0.2, 0) is 4.79 Å². The van der Waals surface area contributed by atoms with E-state index >= 15 is 0 Å². The molecule has 2 N–H and O–H groups in total. The minimum atomic E-state index is -0.917. The molecule has 5 heteroatoms. The number of nitrogens with one attached hydrogen (secondary N) is 1. The minimum Gasteiger partial charge on any atom is -0.481 e. The highest BCUT2D eigenvalue weighted by Gasteiger charge is 2.26. The first kappa shape index (κ1) is 17.6. The highest BCUT2D eigenvalue weighted by Crippen LogP contribution is 2.18. The van der Waals surface area contributed by atoms with Crippen LogP contribution in [0.4, 0.5) is 0 Å². The zero-order valence-electron chi connectivity index (χ0n) is 14.0. The zero-order chi connectivity index (χ0) is 16.8. The second-order valence-electron chi connectivity index (χ2n) is 6.36. The monoisotopic (exact) mass is 318 g/mol. The van der Waals surface area contributed by atoms with Crippen molar-refractivity contribution < 1.29 is 14.7 Å². The maximum atomic E-state index is 12.8. The molecule has 0 aromatic heterocycles. The molecule has 0 bridgehead atoms. The molecule has 1 heterocycles. The summed E-state index contributed by atoms with van der Waals surface area (Å²) in [7, 11) is 0. The van der Waals surface area contributed by atoms with Crippen molar-refractivity contribution >= 4 is 11.8 Å². The number of aliphatic carboxylic acids is 1. The molecule has 0 spiro atoms. The van der Waals surface area contributed by atoms with Crippen molar-refractivity contribution in [3.63, 3.8) is 0 Å². The number of hydrogen-bond donors (Lipinski definition) is 2. The van der Waals surface area contributed by atoms with E-state index in [0.717, 1.165) is 43.7 Å². The Labute approximate surface area is 137 Å². The van der Waals surface area contributed by atoms with E-state index in [1.165, 1.54) is 0 Å². The molecule has 0 radical (unpaired) electrons. The summed E-state index contributed by atoms with van der Waals surface area (Å²) < 4.78 is 0. The van der Waals surface area contributed by atoms with Gasteiger partial charge in [-0.1, -0.05) is 12.1 Å². The van der Waals surface area contributed by atoms with E-state index in [4.69, 9.17) is 0 Å². The fourth-order valence-corrected chi connectivity index (χ4v) is 2.98. The molecule has 1 aromatic rings. The van der Waals surface area contributed by atoms with Crippen LogP contribution in [0.1, 0.15) is 34.3 Å². The van der Waals surface area contributed by atoms with E-state index in [0.29, 0.717) is 12.1 Å². The standard InChI is InChI=1S/C18H26N2O3/c1-13-4-5-15(10-14(13)2)18(23)16(11-17(21)22)12-20-8-3-6-19-7-9-20/h4-5,10,16,19H,3,6-9,11-12H2,1-2H3,(H,21,22). The lowest BCUT2D eigenvalue weighted by Crippen LogP contribution is -2.36. The van der Waals surface area contributed by atoms with E-state index in [2.05, 4.69) is 10.2 Å². The molecule has 23 heavy (non-hydrogen) atoms. The summed E-state index contributed by atoms with van der Waals surface area (Å²) in [6, 6.07) is 5.61. The van der Waals surface area contributed by atoms with Crippen LogP contribution in [0.25, 0.3) is 0 Å². The molecule has 0 saturated carbocycles. The normalized spacial score (nSPS) is 17.5. The summed E-state index contributed by atoms with van der Waals surface area (Å²) in [5, 5.41) is 12.5. The van der Waals surface area contributed by atoms with Gasteiger partial charge in [-0.25, -0.2) is 0 Å². The number of carbonyl (C=O) groups is 2. The predicted molar refractivity (Wildman–Crippen MR) is 89.9 cm³/mol. The molecule has 0 aliphatic carbocycles. The Kier molecular flexibility index (Phi) is 6.30. The molecule has 1 saturated heterocycles. The lowest BCUT2D eigenvalue weighted by molar-refractivity contribution is -0.137. The third-order valence-electron chi connectivity index (χ3n) is 4.49. The number of aryl methyl sites for hydroxylation is 2. The van der Waals surface area contributed by atoms with Crippen molar-refractivity contribution in [1.82, 2.24) is 10.2 Å². The summed E-state index contributed by atoms with van der Waals surface area (Å²) >= 11 is 0. The zero-order valence-corrected chi connectivity index (χ0v) is 14.0. The Hall–Kier alpha value is -1.72. The number of carboxylic acid groups (broad SMARTS) is 1. The molecule has 1 atom stereocenters. The van der Waals surface area contributed by atoms with Crippen LogP contribution < -0.4 is 5.32 Å². The summed E-state index contributed by atoms with van der Waals surface area (Å²) in [4.78, 5) is 26.2. The summed E-state index contributed by atoms with van der Waals surface area (Å²) in [6.07, 6.45) is 0.910. The van der Waals surface area contributed by atoms with Gasteiger partial charge in [-0.2, -0.15) is 0 Å². The number of hydrogen-bond acceptors (Lipinski definition) is 4. The lowest BCUT2D eigenvalue weighted by Gasteiger charge is -2.24. The SMILES string of the molecule is Cc1ccc(C(=O)C(CC(=O)O)CN2CCCNCC2)cc1C. The Morgan fingerprint density at radius 3 is 2.70 bits per heavy atom. The number of carbonyl (C=O) groups excluding carboxylic acids is 1. The van der Waals surface area contributed by atoms with Gasteiger partial charge in [-0.05, 0) is 50.6 Å². The number of Topliss-reactive ketones (excluding diaryl/α,β-unsaturated/α-hetero) is 1. The number of benzene rings is 1. The number of nitrogens with zero attached hydrogens (tertiary/aromatic N) is 1.